The summed E-state index contributed by atoms with van der Waals surface area (Å²) in [5.41, 5.74) is 9.16. The van der Waals surface area contributed by atoms with E-state index in [9.17, 15) is 26.3 Å². The number of benzene rings is 2. The van der Waals surface area contributed by atoms with Crippen LogP contribution in [0, 0.1) is 11.6 Å². The third kappa shape index (κ3) is 8.85. The highest BCUT2D eigenvalue weighted by molar-refractivity contribution is 6.04. The quantitative estimate of drug-likeness (QED) is 0.0308. The second kappa shape index (κ2) is 15.2. The number of alkyl halides is 4. The molecule has 1 aliphatic rings. The molecule has 0 radical (unpaired) electrons. The standard InChI is InChI=1S/C20H21F3N6O.C17H17F3N6O/c1-11(13-9-12(21)5-6-15(13)20(4,22)23)25-16-7-8-29-18(26-16)14(10-24-29)17-27-19(2,3)30-28-17;1-9(11-7-10(18)3-4-13(11)17(2,19)20)23-14-5-6-26-16(24-14)12(8-22-26)15(21)25-27/h5-11H,1-4H3,(H,25,26)(H,27,28);3-9,27H,1-2H3,(H2,21,25)(H,23,24)/t11-;9-/m11/s1. The van der Waals surface area contributed by atoms with Crippen molar-refractivity contribution >= 4 is 34.6 Å². The van der Waals surface area contributed by atoms with Crippen molar-refractivity contribution in [1.82, 2.24) is 34.7 Å². The number of amidine groups is 2. The number of rotatable bonds is 10. The molecule has 57 heavy (non-hydrogen) atoms. The van der Waals surface area contributed by atoms with Crippen LogP contribution in [0.25, 0.3) is 11.3 Å². The van der Waals surface area contributed by atoms with E-state index in [1.165, 1.54) is 10.7 Å². The molecule has 2 aromatic carbocycles. The maximum atomic E-state index is 14.0. The molecule has 14 nitrogen and oxygen atoms in total. The highest BCUT2D eigenvalue weighted by atomic mass is 19.3. The van der Waals surface area contributed by atoms with Crippen molar-refractivity contribution in [3.05, 3.63) is 118 Å². The van der Waals surface area contributed by atoms with Gasteiger partial charge in [-0.3, -0.25) is 0 Å². The van der Waals surface area contributed by atoms with Gasteiger partial charge in [-0.25, -0.2) is 60.7 Å². The summed E-state index contributed by atoms with van der Waals surface area (Å²) < 4.78 is 86.1. The van der Waals surface area contributed by atoms with E-state index in [4.69, 9.17) is 15.8 Å². The van der Waals surface area contributed by atoms with Crippen LogP contribution in [0.4, 0.5) is 38.0 Å². The number of fused-ring (bicyclic) bond motifs is 2. The molecule has 0 saturated heterocycles. The van der Waals surface area contributed by atoms with E-state index < -0.39 is 41.3 Å². The summed E-state index contributed by atoms with van der Waals surface area (Å²) in [6, 6.07) is 8.37. The Kier molecular flexibility index (Phi) is 10.8. The Labute approximate surface area is 321 Å². The number of oxime groups is 1. The predicted octanol–water partition coefficient (Wildman–Crippen LogP) is 7.42. The van der Waals surface area contributed by atoms with Gasteiger partial charge in [0.05, 0.1) is 35.6 Å². The Bertz CT molecular complexity index is 2490. The average Bonchev–Trinajstić information content (AvgIpc) is 3.86. The first-order chi connectivity index (χ1) is 26.7. The van der Waals surface area contributed by atoms with E-state index >= 15 is 0 Å². The Hall–Kier alpha value is -6.44. The monoisotopic (exact) mass is 796 g/mol. The topological polar surface area (TPSA) is 177 Å². The number of aliphatic imine (C=N–C) groups is 1. The Morgan fingerprint density at radius 1 is 0.825 bits per heavy atom. The zero-order valence-corrected chi connectivity index (χ0v) is 31.4. The van der Waals surface area contributed by atoms with Crippen LogP contribution >= 0.6 is 0 Å². The highest BCUT2D eigenvalue weighted by Crippen LogP contribution is 2.36. The Balaban J connectivity index is 0.000000194. The van der Waals surface area contributed by atoms with Crippen LogP contribution < -0.4 is 21.8 Å². The molecular weight excluding hydrogens is 758 g/mol. The number of nitrogens with two attached hydrogens (primary N) is 1. The molecule has 0 fully saturated rings. The number of nitrogens with one attached hydrogen (secondary N) is 3. The summed E-state index contributed by atoms with van der Waals surface area (Å²) >= 11 is 0. The minimum Gasteiger partial charge on any atom is -0.409 e. The van der Waals surface area contributed by atoms with Gasteiger partial charge in [0.1, 0.15) is 23.3 Å². The van der Waals surface area contributed by atoms with E-state index in [2.05, 4.69) is 46.4 Å². The van der Waals surface area contributed by atoms with Crippen LogP contribution in [0.5, 0.6) is 0 Å². The second-order valence-electron chi connectivity index (χ2n) is 13.8. The fourth-order valence-corrected chi connectivity index (χ4v) is 6.09. The smallest absolute Gasteiger partial charge is 0.270 e. The van der Waals surface area contributed by atoms with Gasteiger partial charge in [0, 0.05) is 37.4 Å². The minimum absolute atomic E-state index is 0.120. The summed E-state index contributed by atoms with van der Waals surface area (Å²) in [5, 5.41) is 26.1. The van der Waals surface area contributed by atoms with Gasteiger partial charge in [0.25, 0.3) is 11.8 Å². The zero-order chi connectivity index (χ0) is 41.4. The first-order valence-electron chi connectivity index (χ1n) is 17.3. The first kappa shape index (κ1) is 40.2. The fraction of sp³-hybridized carbons (Fsp3) is 0.297. The van der Waals surface area contributed by atoms with Crippen LogP contribution in [-0.2, 0) is 16.7 Å². The van der Waals surface area contributed by atoms with Crippen molar-refractivity contribution < 1.29 is 36.4 Å². The molecular formula is C37H38F6N12O2. The number of hydrogen-bond acceptors (Lipinski definition) is 11. The van der Waals surface area contributed by atoms with Gasteiger partial charge in [-0.1, -0.05) is 5.16 Å². The SMILES string of the molecule is C[C@@H](Nc1ccn2ncc(/C(N)=N/O)c2n1)c1cc(F)ccc1C(C)(F)F.C[C@@H](Nc1ccn2ncc(C3=NC(C)(C)ON3)c2n1)c1cc(F)ccc1C(C)(F)F. The zero-order valence-electron chi connectivity index (χ0n) is 31.4. The number of hydrogen-bond donors (Lipinski definition) is 5. The second-order valence-corrected chi connectivity index (χ2v) is 13.8. The largest absolute Gasteiger partial charge is 0.409 e. The van der Waals surface area contributed by atoms with E-state index in [1.807, 2.05) is 0 Å². The molecule has 0 bridgehead atoms. The lowest BCUT2D eigenvalue weighted by molar-refractivity contribution is -0.0269. The Morgan fingerprint density at radius 3 is 1.79 bits per heavy atom. The molecule has 300 valence electrons. The molecule has 7 rings (SSSR count). The molecule has 6 N–H and O–H groups in total. The lowest BCUT2D eigenvalue weighted by Gasteiger charge is -2.22. The minimum atomic E-state index is -3.12. The van der Waals surface area contributed by atoms with Crippen LogP contribution in [0.15, 0.2) is 83.5 Å². The van der Waals surface area contributed by atoms with Crippen molar-refractivity contribution in [3.8, 4) is 0 Å². The molecule has 2 atom stereocenters. The van der Waals surface area contributed by atoms with Gasteiger partial charge in [0.2, 0.25) is 0 Å². The lowest BCUT2D eigenvalue weighted by Crippen LogP contribution is -2.23. The molecule has 5 heterocycles. The average molecular weight is 797 g/mol. The van der Waals surface area contributed by atoms with Crippen LogP contribution in [0.1, 0.15) is 87.0 Å². The van der Waals surface area contributed by atoms with Crippen molar-refractivity contribution in [2.45, 2.75) is 71.2 Å². The molecule has 4 aromatic heterocycles. The number of anilines is 2. The molecule has 6 aromatic rings. The van der Waals surface area contributed by atoms with Crippen molar-refractivity contribution in [2.24, 2.45) is 15.9 Å². The number of hydroxylamine groups is 1. The van der Waals surface area contributed by atoms with Crippen molar-refractivity contribution in [2.75, 3.05) is 10.6 Å². The van der Waals surface area contributed by atoms with E-state index in [1.54, 1.807) is 62.9 Å². The molecule has 20 heteroatoms. The number of aromatic nitrogens is 6. The van der Waals surface area contributed by atoms with Gasteiger partial charge in [0.15, 0.2) is 28.7 Å². The molecule has 0 saturated carbocycles. The summed E-state index contributed by atoms with van der Waals surface area (Å²) in [5.74, 6) is -6.34. The van der Waals surface area contributed by atoms with Gasteiger partial charge in [-0.05, 0) is 87.4 Å². The number of halogens is 6. The predicted molar refractivity (Wildman–Crippen MR) is 199 cm³/mol. The van der Waals surface area contributed by atoms with Crippen LogP contribution in [0.3, 0.4) is 0 Å². The van der Waals surface area contributed by atoms with E-state index in [-0.39, 0.29) is 28.1 Å². The summed E-state index contributed by atoms with van der Waals surface area (Å²) in [4.78, 5) is 18.7. The van der Waals surface area contributed by atoms with Gasteiger partial charge in [-0.2, -0.15) is 10.2 Å². The van der Waals surface area contributed by atoms with Crippen molar-refractivity contribution in [1.29, 1.82) is 0 Å². The van der Waals surface area contributed by atoms with Gasteiger partial charge >= 0.3 is 0 Å². The van der Waals surface area contributed by atoms with Gasteiger partial charge in [-0.15, -0.1) is 0 Å². The first-order valence-corrected chi connectivity index (χ1v) is 17.3. The third-order valence-electron chi connectivity index (χ3n) is 8.79. The van der Waals surface area contributed by atoms with E-state index in [0.29, 0.717) is 39.9 Å². The molecule has 1 aliphatic heterocycles. The normalized spacial score (nSPS) is 15.4. The lowest BCUT2D eigenvalue weighted by atomic mass is 9.97. The van der Waals surface area contributed by atoms with Crippen LogP contribution in [-0.4, -0.2) is 51.8 Å². The molecule has 0 unspecified atom stereocenters. The van der Waals surface area contributed by atoms with Gasteiger partial charge < -0.3 is 21.6 Å². The summed E-state index contributed by atoms with van der Waals surface area (Å²) in [7, 11) is 0. The Morgan fingerprint density at radius 2 is 1.32 bits per heavy atom. The van der Waals surface area contributed by atoms with E-state index in [0.717, 1.165) is 50.2 Å². The maximum absolute atomic E-state index is 14.0. The van der Waals surface area contributed by atoms with Crippen molar-refractivity contribution in [3.63, 3.8) is 0 Å². The molecule has 0 amide bonds. The number of nitrogens with zero attached hydrogens (tertiary/aromatic N) is 8. The molecule has 0 spiro atoms. The van der Waals surface area contributed by atoms with Crippen LogP contribution in [0.2, 0.25) is 0 Å². The third-order valence-corrected chi connectivity index (χ3v) is 8.79. The maximum Gasteiger partial charge on any atom is 0.270 e. The summed E-state index contributed by atoms with van der Waals surface area (Å²) in [6.07, 6.45) is 6.25. The summed E-state index contributed by atoms with van der Waals surface area (Å²) in [6.45, 7) is 8.46. The molecule has 0 aliphatic carbocycles. The fourth-order valence-electron chi connectivity index (χ4n) is 6.09. The highest BCUT2D eigenvalue weighted by Gasteiger charge is 2.32.